The number of rotatable bonds is 71. The number of aliphatic hydroxyl groups is 2. The number of carbonyl (C=O) groups is 2. The topological polar surface area (TPSA) is 95.9 Å². The van der Waals surface area contributed by atoms with Crippen molar-refractivity contribution in [2.24, 2.45) is 0 Å². The Hall–Kier alpha value is -1.92. The summed E-state index contributed by atoms with van der Waals surface area (Å²) in [6, 6.07) is -0.622. The smallest absolute Gasteiger partial charge is 0.305 e. The van der Waals surface area contributed by atoms with Crippen LogP contribution in [-0.2, 0) is 14.3 Å². The van der Waals surface area contributed by atoms with Gasteiger partial charge in [0.1, 0.15) is 0 Å². The van der Waals surface area contributed by atoms with Crippen LogP contribution in [0, 0.1) is 0 Å². The molecule has 0 radical (unpaired) electrons. The molecule has 0 aromatic rings. The van der Waals surface area contributed by atoms with Gasteiger partial charge in [-0.2, -0.15) is 0 Å². The lowest BCUT2D eigenvalue weighted by atomic mass is 10.0. The summed E-state index contributed by atoms with van der Waals surface area (Å²) in [4.78, 5) is 24.5. The minimum Gasteiger partial charge on any atom is -0.466 e. The van der Waals surface area contributed by atoms with Crippen molar-refractivity contribution in [3.05, 3.63) is 36.5 Å². The van der Waals surface area contributed by atoms with Crippen LogP contribution in [0.3, 0.4) is 0 Å². The molecule has 0 fully saturated rings. The van der Waals surface area contributed by atoms with Crippen LogP contribution in [0.4, 0.5) is 0 Å². The maximum Gasteiger partial charge on any atom is 0.305 e. The number of hydrogen-bond donors (Lipinski definition) is 3. The fourth-order valence-corrected chi connectivity index (χ4v) is 11.9. The van der Waals surface area contributed by atoms with Crippen LogP contribution >= 0.6 is 0 Å². The molecular formula is C77H147NO5. The molecule has 490 valence electrons. The molecule has 3 N–H and O–H groups in total. The number of aliphatic hydroxyl groups excluding tert-OH is 2. The number of nitrogens with one attached hydrogen (secondary N) is 1. The van der Waals surface area contributed by atoms with Gasteiger partial charge in [0.15, 0.2) is 0 Å². The zero-order chi connectivity index (χ0) is 59.9. The van der Waals surface area contributed by atoms with Gasteiger partial charge in [-0.25, -0.2) is 0 Å². The Labute approximate surface area is 519 Å². The zero-order valence-corrected chi connectivity index (χ0v) is 56.2. The molecule has 0 aliphatic heterocycles. The molecule has 1 amide bonds. The van der Waals surface area contributed by atoms with Crippen molar-refractivity contribution in [2.45, 2.75) is 431 Å². The molecule has 0 saturated carbocycles. The molecule has 2 unspecified atom stereocenters. The van der Waals surface area contributed by atoms with Crippen LogP contribution in [0.1, 0.15) is 418 Å². The highest BCUT2D eigenvalue weighted by molar-refractivity contribution is 5.76. The van der Waals surface area contributed by atoms with E-state index in [1.54, 1.807) is 6.08 Å². The molecule has 0 bridgehead atoms. The molecule has 0 aliphatic rings. The van der Waals surface area contributed by atoms with Crippen LogP contribution in [0.25, 0.3) is 0 Å². The zero-order valence-electron chi connectivity index (χ0n) is 56.2. The van der Waals surface area contributed by atoms with E-state index < -0.39 is 12.1 Å². The Morgan fingerprint density at radius 3 is 0.940 bits per heavy atom. The monoisotopic (exact) mass is 1170 g/mol. The molecule has 0 aromatic heterocycles. The van der Waals surface area contributed by atoms with E-state index >= 15 is 0 Å². The van der Waals surface area contributed by atoms with Crippen LogP contribution < -0.4 is 5.32 Å². The van der Waals surface area contributed by atoms with Crippen molar-refractivity contribution < 1.29 is 24.5 Å². The molecular weight excluding hydrogens is 1020 g/mol. The van der Waals surface area contributed by atoms with E-state index in [0.717, 1.165) is 51.4 Å². The summed E-state index contributed by atoms with van der Waals surface area (Å²) >= 11 is 0. The second kappa shape index (κ2) is 72.6. The molecule has 6 heteroatoms. The fraction of sp³-hybridized carbons (Fsp3) is 0.896. The SMILES string of the molecule is CCCCC/C=C\C/C=C\CCCCCCCC(=O)OCCCCCCCCCCCCCCCCCCCCCCCCCCCCCCCCCCCCCCCCCC(=O)NC(CO)C(O)/C=C/CCCCCCCCCCCC. The lowest BCUT2D eigenvalue weighted by Gasteiger charge is -2.20. The van der Waals surface area contributed by atoms with Crippen molar-refractivity contribution in [2.75, 3.05) is 13.2 Å². The average molecular weight is 1170 g/mol. The lowest BCUT2D eigenvalue weighted by Crippen LogP contribution is -2.45. The van der Waals surface area contributed by atoms with Gasteiger partial charge in [0.25, 0.3) is 0 Å². The Morgan fingerprint density at radius 1 is 0.337 bits per heavy atom. The van der Waals surface area contributed by atoms with E-state index in [0.29, 0.717) is 19.4 Å². The lowest BCUT2D eigenvalue weighted by molar-refractivity contribution is -0.143. The van der Waals surface area contributed by atoms with Crippen LogP contribution in [0.2, 0.25) is 0 Å². The van der Waals surface area contributed by atoms with Crippen molar-refractivity contribution in [3.8, 4) is 0 Å². The maximum atomic E-state index is 12.5. The van der Waals surface area contributed by atoms with Crippen LogP contribution in [0.15, 0.2) is 36.5 Å². The van der Waals surface area contributed by atoms with E-state index in [2.05, 4.69) is 43.5 Å². The maximum absolute atomic E-state index is 12.5. The third-order valence-electron chi connectivity index (χ3n) is 17.7. The summed E-state index contributed by atoms with van der Waals surface area (Å²) in [6.45, 7) is 4.89. The van der Waals surface area contributed by atoms with Gasteiger partial charge in [0.2, 0.25) is 5.91 Å². The highest BCUT2D eigenvalue weighted by atomic mass is 16.5. The molecule has 0 saturated heterocycles. The number of unbranched alkanes of at least 4 members (excludes halogenated alkanes) is 56. The first-order valence-electron chi connectivity index (χ1n) is 37.8. The second-order valence-electron chi connectivity index (χ2n) is 26.0. The normalized spacial score (nSPS) is 12.7. The first kappa shape index (κ1) is 81.1. The molecule has 0 heterocycles. The first-order valence-corrected chi connectivity index (χ1v) is 37.8. The summed E-state index contributed by atoms with van der Waals surface area (Å²) in [5.74, 6) is -0.0506. The number of amides is 1. The molecule has 0 spiro atoms. The molecule has 2 atom stereocenters. The standard InChI is InChI=1S/C77H147NO5/c1-3-5-7-9-11-13-15-17-43-47-51-55-59-63-67-71-77(82)83-72-68-64-60-56-52-48-45-42-40-38-36-34-32-30-28-26-24-22-20-18-19-21-23-25-27-29-31-33-35-37-39-41-44-46-50-54-58-62-66-70-76(81)78-74(73-79)75(80)69-65-61-57-53-49-16-14-12-10-8-6-4-2/h11,13,17,43,65,69,74-75,79-80H,3-10,12,14-16,18-42,44-64,66-68,70-73H2,1-2H3,(H,78,81)/b13-11-,43-17-,69-65+. The van der Waals surface area contributed by atoms with Gasteiger partial charge in [0, 0.05) is 12.8 Å². The minimum absolute atomic E-state index is 0.0101. The van der Waals surface area contributed by atoms with E-state index in [-0.39, 0.29) is 18.5 Å². The predicted molar refractivity (Wildman–Crippen MR) is 366 cm³/mol. The third kappa shape index (κ3) is 69.1. The fourth-order valence-electron chi connectivity index (χ4n) is 11.9. The Balaban J connectivity index is 3.29. The summed E-state index contributed by atoms with van der Waals surface area (Å²) in [7, 11) is 0. The van der Waals surface area contributed by atoms with Gasteiger partial charge >= 0.3 is 5.97 Å². The third-order valence-corrected chi connectivity index (χ3v) is 17.7. The number of allylic oxidation sites excluding steroid dienone is 5. The summed E-state index contributed by atoms with van der Waals surface area (Å²) in [5, 5.41) is 23.1. The summed E-state index contributed by atoms with van der Waals surface area (Å²) in [6.07, 6.45) is 94.1. The van der Waals surface area contributed by atoms with E-state index in [9.17, 15) is 19.8 Å². The summed E-state index contributed by atoms with van der Waals surface area (Å²) in [5.41, 5.74) is 0. The number of ether oxygens (including phenoxy) is 1. The first-order chi connectivity index (χ1) is 41.0. The van der Waals surface area contributed by atoms with E-state index in [4.69, 9.17) is 4.74 Å². The minimum atomic E-state index is -0.839. The Morgan fingerprint density at radius 2 is 0.602 bits per heavy atom. The quantitative estimate of drug-likeness (QED) is 0.0320. The van der Waals surface area contributed by atoms with E-state index in [1.807, 2.05) is 6.08 Å². The Bertz CT molecular complexity index is 1340. The number of carbonyl (C=O) groups excluding carboxylic acids is 2. The molecule has 6 nitrogen and oxygen atoms in total. The molecule has 0 aromatic carbocycles. The highest BCUT2D eigenvalue weighted by Crippen LogP contribution is 2.19. The second-order valence-corrected chi connectivity index (χ2v) is 26.0. The average Bonchev–Trinajstić information content (AvgIpc) is 3.49. The van der Waals surface area contributed by atoms with Crippen LogP contribution in [-0.4, -0.2) is 47.4 Å². The molecule has 83 heavy (non-hydrogen) atoms. The number of hydrogen-bond acceptors (Lipinski definition) is 5. The van der Waals surface area contributed by atoms with Gasteiger partial charge in [0.05, 0.1) is 25.4 Å². The summed E-state index contributed by atoms with van der Waals surface area (Å²) < 4.78 is 5.49. The van der Waals surface area contributed by atoms with Crippen molar-refractivity contribution in [1.82, 2.24) is 5.32 Å². The van der Waals surface area contributed by atoms with Gasteiger partial charge in [-0.3, -0.25) is 9.59 Å². The van der Waals surface area contributed by atoms with Gasteiger partial charge < -0.3 is 20.3 Å². The van der Waals surface area contributed by atoms with Gasteiger partial charge in [-0.1, -0.05) is 378 Å². The molecule has 0 rings (SSSR count). The Kier molecular flexibility index (Phi) is 70.9. The largest absolute Gasteiger partial charge is 0.466 e. The van der Waals surface area contributed by atoms with E-state index in [1.165, 1.54) is 340 Å². The van der Waals surface area contributed by atoms with Crippen molar-refractivity contribution in [3.63, 3.8) is 0 Å². The van der Waals surface area contributed by atoms with Gasteiger partial charge in [-0.15, -0.1) is 0 Å². The van der Waals surface area contributed by atoms with Crippen molar-refractivity contribution >= 4 is 11.9 Å². The predicted octanol–water partition coefficient (Wildman–Crippen LogP) is 24.7. The van der Waals surface area contributed by atoms with Gasteiger partial charge in [-0.05, 0) is 64.2 Å². The van der Waals surface area contributed by atoms with Crippen molar-refractivity contribution in [1.29, 1.82) is 0 Å². The van der Waals surface area contributed by atoms with Crippen LogP contribution in [0.5, 0.6) is 0 Å². The number of esters is 1. The highest BCUT2D eigenvalue weighted by Gasteiger charge is 2.18. The molecule has 0 aliphatic carbocycles.